The molecule has 0 aliphatic carbocycles. The minimum atomic E-state index is -0.321. The third-order valence-electron chi connectivity index (χ3n) is 3.03. The number of ether oxygens (including phenoxy) is 3. The number of benzene rings is 1. The molecular weight excluding hydrogens is 234 g/mol. The van der Waals surface area contributed by atoms with Gasteiger partial charge in [-0.25, -0.2) is 0 Å². The van der Waals surface area contributed by atoms with Crippen LogP contribution in [-0.2, 0) is 9.53 Å². The van der Waals surface area contributed by atoms with Crippen LogP contribution in [0.3, 0.4) is 0 Å². The van der Waals surface area contributed by atoms with E-state index >= 15 is 0 Å². The molecule has 18 heavy (non-hydrogen) atoms. The first kappa shape index (κ1) is 11.3. The van der Waals surface area contributed by atoms with E-state index in [0.717, 1.165) is 18.6 Å². The summed E-state index contributed by atoms with van der Waals surface area (Å²) in [4.78, 5) is 11.9. The number of carbonyl (C=O) groups excluding carboxylic acids is 1. The van der Waals surface area contributed by atoms with Crippen LogP contribution >= 0.6 is 0 Å². The molecule has 3 rings (SSSR count). The van der Waals surface area contributed by atoms with Crippen molar-refractivity contribution in [2.75, 3.05) is 25.1 Å². The molecule has 1 aromatic carbocycles. The van der Waals surface area contributed by atoms with E-state index in [4.69, 9.17) is 14.2 Å². The number of nitrogens with one attached hydrogen (secondary N) is 1. The Morgan fingerprint density at radius 2 is 2.00 bits per heavy atom. The Labute approximate surface area is 105 Å². The molecule has 2 aliphatic heterocycles. The zero-order chi connectivity index (χ0) is 12.4. The van der Waals surface area contributed by atoms with E-state index in [1.807, 2.05) is 0 Å². The summed E-state index contributed by atoms with van der Waals surface area (Å²) in [6, 6.07) is 5.39. The lowest BCUT2D eigenvalue weighted by Gasteiger charge is -2.19. The second-order valence-electron chi connectivity index (χ2n) is 4.35. The van der Waals surface area contributed by atoms with Crippen LogP contribution in [0.2, 0.25) is 0 Å². The van der Waals surface area contributed by atoms with Gasteiger partial charge in [0.1, 0.15) is 19.3 Å². The van der Waals surface area contributed by atoms with Gasteiger partial charge in [-0.15, -0.1) is 0 Å². The molecule has 0 unspecified atom stereocenters. The third kappa shape index (κ3) is 2.26. The summed E-state index contributed by atoms with van der Waals surface area (Å²) in [5.41, 5.74) is 0.708. The molecule has 1 fully saturated rings. The lowest BCUT2D eigenvalue weighted by Crippen LogP contribution is -2.27. The molecule has 0 radical (unpaired) electrons. The molecule has 1 saturated heterocycles. The van der Waals surface area contributed by atoms with Crippen LogP contribution in [0.4, 0.5) is 5.69 Å². The van der Waals surface area contributed by atoms with Crippen molar-refractivity contribution >= 4 is 11.6 Å². The van der Waals surface area contributed by atoms with Crippen LogP contribution in [0.15, 0.2) is 18.2 Å². The third-order valence-corrected chi connectivity index (χ3v) is 3.03. The van der Waals surface area contributed by atoms with Gasteiger partial charge in [0.25, 0.3) is 5.91 Å². The number of hydrogen-bond acceptors (Lipinski definition) is 4. The van der Waals surface area contributed by atoms with Gasteiger partial charge in [0.05, 0.1) is 0 Å². The van der Waals surface area contributed by atoms with Crippen molar-refractivity contribution in [2.45, 2.75) is 18.9 Å². The smallest absolute Gasteiger partial charge is 0.253 e. The highest BCUT2D eigenvalue weighted by Gasteiger charge is 2.24. The Kier molecular flexibility index (Phi) is 3.06. The SMILES string of the molecule is O=C(Nc1ccc2c(c1)OCCO2)[C@@H]1CCCO1. The van der Waals surface area contributed by atoms with E-state index in [2.05, 4.69) is 5.32 Å². The van der Waals surface area contributed by atoms with E-state index in [0.29, 0.717) is 31.3 Å². The number of carbonyl (C=O) groups is 1. The van der Waals surface area contributed by atoms with Crippen molar-refractivity contribution in [3.8, 4) is 11.5 Å². The lowest BCUT2D eigenvalue weighted by molar-refractivity contribution is -0.124. The Hall–Kier alpha value is -1.75. The van der Waals surface area contributed by atoms with Crippen LogP contribution in [-0.4, -0.2) is 31.8 Å². The number of anilines is 1. The first-order chi connectivity index (χ1) is 8.83. The van der Waals surface area contributed by atoms with E-state index in [1.165, 1.54) is 0 Å². The van der Waals surface area contributed by atoms with Crippen molar-refractivity contribution in [3.05, 3.63) is 18.2 Å². The molecule has 2 aliphatic rings. The molecule has 1 amide bonds. The van der Waals surface area contributed by atoms with E-state index in [-0.39, 0.29) is 12.0 Å². The number of fused-ring (bicyclic) bond motifs is 1. The fourth-order valence-corrected chi connectivity index (χ4v) is 2.13. The molecular formula is C13H15NO4. The largest absolute Gasteiger partial charge is 0.486 e. The van der Waals surface area contributed by atoms with Gasteiger partial charge in [-0.05, 0) is 25.0 Å². The maximum Gasteiger partial charge on any atom is 0.253 e. The summed E-state index contributed by atoms with van der Waals surface area (Å²) >= 11 is 0. The Bertz CT molecular complexity index is 454. The van der Waals surface area contributed by atoms with Gasteiger partial charge in [0.15, 0.2) is 11.5 Å². The number of rotatable bonds is 2. The molecule has 5 nitrogen and oxygen atoms in total. The molecule has 96 valence electrons. The Morgan fingerprint density at radius 3 is 2.78 bits per heavy atom. The fraction of sp³-hybridized carbons (Fsp3) is 0.462. The molecule has 5 heteroatoms. The lowest BCUT2D eigenvalue weighted by atomic mass is 10.2. The fourth-order valence-electron chi connectivity index (χ4n) is 2.13. The van der Waals surface area contributed by atoms with Crippen LogP contribution in [0.1, 0.15) is 12.8 Å². The van der Waals surface area contributed by atoms with Crippen LogP contribution in [0, 0.1) is 0 Å². The maximum absolute atomic E-state index is 11.9. The van der Waals surface area contributed by atoms with Crippen molar-refractivity contribution in [1.29, 1.82) is 0 Å². The summed E-state index contributed by atoms with van der Waals surface area (Å²) in [5.74, 6) is 1.30. The van der Waals surface area contributed by atoms with Gasteiger partial charge in [0, 0.05) is 18.4 Å². The molecule has 0 saturated carbocycles. The van der Waals surface area contributed by atoms with Gasteiger partial charge in [-0.1, -0.05) is 0 Å². The summed E-state index contributed by atoms with van der Waals surface area (Å²) in [5, 5.41) is 2.83. The quantitative estimate of drug-likeness (QED) is 0.864. The van der Waals surface area contributed by atoms with Gasteiger partial charge in [-0.3, -0.25) is 4.79 Å². The van der Waals surface area contributed by atoms with Crippen LogP contribution < -0.4 is 14.8 Å². The topological polar surface area (TPSA) is 56.8 Å². The summed E-state index contributed by atoms with van der Waals surface area (Å²) in [6.07, 6.45) is 1.41. The van der Waals surface area contributed by atoms with Gasteiger partial charge in [-0.2, -0.15) is 0 Å². The number of hydrogen-bond donors (Lipinski definition) is 1. The molecule has 1 N–H and O–H groups in total. The average Bonchev–Trinajstić information content (AvgIpc) is 2.92. The van der Waals surface area contributed by atoms with Crippen molar-refractivity contribution in [2.24, 2.45) is 0 Å². The van der Waals surface area contributed by atoms with Gasteiger partial charge >= 0.3 is 0 Å². The first-order valence-corrected chi connectivity index (χ1v) is 6.15. The predicted molar refractivity (Wildman–Crippen MR) is 65.0 cm³/mol. The molecule has 0 aromatic heterocycles. The van der Waals surface area contributed by atoms with E-state index < -0.39 is 0 Å². The normalized spacial score (nSPS) is 21.7. The molecule has 2 heterocycles. The molecule has 0 bridgehead atoms. The predicted octanol–water partition coefficient (Wildman–Crippen LogP) is 1.58. The maximum atomic E-state index is 11.9. The van der Waals surface area contributed by atoms with Crippen LogP contribution in [0.5, 0.6) is 11.5 Å². The highest BCUT2D eigenvalue weighted by Crippen LogP contribution is 2.32. The summed E-state index contributed by atoms with van der Waals surface area (Å²) < 4.78 is 16.2. The van der Waals surface area contributed by atoms with Crippen molar-refractivity contribution < 1.29 is 19.0 Å². The minimum Gasteiger partial charge on any atom is -0.486 e. The molecule has 0 spiro atoms. The van der Waals surface area contributed by atoms with Crippen molar-refractivity contribution in [3.63, 3.8) is 0 Å². The molecule has 1 atom stereocenters. The average molecular weight is 249 g/mol. The second-order valence-corrected chi connectivity index (χ2v) is 4.35. The zero-order valence-electron chi connectivity index (χ0n) is 9.98. The minimum absolute atomic E-state index is 0.0934. The first-order valence-electron chi connectivity index (χ1n) is 6.15. The standard InChI is InChI=1S/C13H15NO4/c15-13(11-2-1-5-16-11)14-9-3-4-10-12(8-9)18-7-6-17-10/h3-4,8,11H,1-2,5-7H2,(H,14,15)/t11-/m0/s1. The Morgan fingerprint density at radius 1 is 1.17 bits per heavy atom. The highest BCUT2D eigenvalue weighted by atomic mass is 16.6. The zero-order valence-corrected chi connectivity index (χ0v) is 9.98. The highest BCUT2D eigenvalue weighted by molar-refractivity contribution is 5.94. The summed E-state index contributed by atoms with van der Waals surface area (Å²) in [6.45, 7) is 1.77. The van der Waals surface area contributed by atoms with E-state index in [9.17, 15) is 4.79 Å². The van der Waals surface area contributed by atoms with Crippen molar-refractivity contribution in [1.82, 2.24) is 0 Å². The molecule has 1 aromatic rings. The van der Waals surface area contributed by atoms with Gasteiger partial charge < -0.3 is 19.5 Å². The van der Waals surface area contributed by atoms with Crippen LogP contribution in [0.25, 0.3) is 0 Å². The van der Waals surface area contributed by atoms with Gasteiger partial charge in [0.2, 0.25) is 0 Å². The second kappa shape index (κ2) is 4.86. The number of amides is 1. The Balaban J connectivity index is 1.70. The monoisotopic (exact) mass is 249 g/mol. The summed E-state index contributed by atoms with van der Waals surface area (Å²) in [7, 11) is 0. The van der Waals surface area contributed by atoms with E-state index in [1.54, 1.807) is 18.2 Å².